The first-order chi connectivity index (χ1) is 9.54. The van der Waals surface area contributed by atoms with Crippen LogP contribution in [0.1, 0.15) is 21.0 Å². The van der Waals surface area contributed by atoms with Gasteiger partial charge < -0.3 is 4.42 Å². The van der Waals surface area contributed by atoms with Crippen LogP contribution in [-0.4, -0.2) is 10.9 Å². The number of fused-ring (bicyclic) bond motifs is 1. The molecule has 0 aliphatic rings. The topological polar surface area (TPSA) is 55.1 Å². The van der Waals surface area contributed by atoms with Gasteiger partial charge in [0.2, 0.25) is 0 Å². The summed E-state index contributed by atoms with van der Waals surface area (Å²) < 4.78 is 5.60. The summed E-state index contributed by atoms with van der Waals surface area (Å²) in [5.41, 5.74) is 1.42. The number of amides is 1. The Kier molecular flexibility index (Phi) is 3.23. The second-order valence-corrected chi connectivity index (χ2v) is 6.10. The number of carbonyl (C=O) groups excluding carboxylic acids is 1. The Morgan fingerprint density at radius 2 is 2.20 bits per heavy atom. The first-order valence-electron chi connectivity index (χ1n) is 5.97. The van der Waals surface area contributed by atoms with Gasteiger partial charge >= 0.3 is 0 Å². The Morgan fingerprint density at radius 3 is 2.90 bits per heavy atom. The van der Waals surface area contributed by atoms with E-state index in [4.69, 9.17) is 16.0 Å². The molecule has 0 saturated heterocycles. The van der Waals surface area contributed by atoms with Crippen LogP contribution in [0.2, 0.25) is 5.02 Å². The fourth-order valence-corrected chi connectivity index (χ4v) is 2.81. The first kappa shape index (κ1) is 13.1. The van der Waals surface area contributed by atoms with Crippen molar-refractivity contribution < 1.29 is 9.21 Å². The molecule has 6 heteroatoms. The van der Waals surface area contributed by atoms with E-state index in [2.05, 4.69) is 10.3 Å². The highest BCUT2D eigenvalue weighted by atomic mass is 35.5. The predicted molar refractivity (Wildman–Crippen MR) is 80.8 cm³/mol. The van der Waals surface area contributed by atoms with E-state index in [1.807, 2.05) is 13.8 Å². The normalized spacial score (nSPS) is 10.9. The van der Waals surface area contributed by atoms with E-state index >= 15 is 0 Å². The minimum atomic E-state index is -0.302. The summed E-state index contributed by atoms with van der Waals surface area (Å²) in [6.45, 7) is 3.77. The van der Waals surface area contributed by atoms with Crippen LogP contribution < -0.4 is 5.32 Å². The van der Waals surface area contributed by atoms with Crippen molar-refractivity contribution in [3.63, 3.8) is 0 Å². The molecule has 1 aromatic carbocycles. The number of nitrogens with zero attached hydrogens (tertiary/aromatic N) is 1. The van der Waals surface area contributed by atoms with Crippen LogP contribution in [0, 0.1) is 13.8 Å². The number of aromatic nitrogens is 1. The lowest BCUT2D eigenvalue weighted by molar-refractivity contribution is 0.0998. The zero-order chi connectivity index (χ0) is 14.3. The number of thiazole rings is 1. The Bertz CT molecular complexity index is 807. The molecule has 0 bridgehead atoms. The number of benzene rings is 1. The maximum Gasteiger partial charge on any atom is 0.293 e. The monoisotopic (exact) mass is 306 g/mol. The van der Waals surface area contributed by atoms with Gasteiger partial charge in [0, 0.05) is 27.0 Å². The van der Waals surface area contributed by atoms with Crippen LogP contribution >= 0.6 is 22.9 Å². The molecule has 0 spiro atoms. The van der Waals surface area contributed by atoms with Gasteiger partial charge in [-0.15, -0.1) is 11.3 Å². The number of rotatable bonds is 2. The number of furan rings is 1. The van der Waals surface area contributed by atoms with Gasteiger partial charge in [-0.25, -0.2) is 4.98 Å². The smallest absolute Gasteiger partial charge is 0.293 e. The molecule has 0 fully saturated rings. The van der Waals surface area contributed by atoms with Crippen molar-refractivity contribution in [3.8, 4) is 0 Å². The zero-order valence-corrected chi connectivity index (χ0v) is 12.4. The number of hydrogen-bond donors (Lipinski definition) is 1. The molecule has 2 aromatic heterocycles. The maximum absolute atomic E-state index is 12.2. The Hall–Kier alpha value is -1.85. The third-order valence-electron chi connectivity index (χ3n) is 2.95. The van der Waals surface area contributed by atoms with Gasteiger partial charge in [-0.1, -0.05) is 11.6 Å². The Labute approximate surface area is 124 Å². The van der Waals surface area contributed by atoms with Crippen LogP contribution in [0.25, 0.3) is 11.0 Å². The summed E-state index contributed by atoms with van der Waals surface area (Å²) in [4.78, 5) is 17.4. The minimum Gasteiger partial charge on any atom is -0.451 e. The molecular formula is C14H11ClN2O2S. The van der Waals surface area contributed by atoms with Gasteiger partial charge in [0.05, 0.1) is 0 Å². The van der Waals surface area contributed by atoms with E-state index in [9.17, 15) is 4.79 Å². The molecule has 0 radical (unpaired) electrons. The molecular weight excluding hydrogens is 296 g/mol. The van der Waals surface area contributed by atoms with Crippen molar-refractivity contribution in [3.05, 3.63) is 45.6 Å². The van der Waals surface area contributed by atoms with Gasteiger partial charge in [-0.3, -0.25) is 10.1 Å². The molecule has 0 aliphatic heterocycles. The second-order valence-electron chi connectivity index (χ2n) is 4.43. The molecule has 0 aliphatic carbocycles. The van der Waals surface area contributed by atoms with E-state index in [0.717, 1.165) is 15.8 Å². The van der Waals surface area contributed by atoms with Gasteiger partial charge in [-0.2, -0.15) is 0 Å². The number of aryl methyl sites for hydroxylation is 2. The standard InChI is InChI=1S/C14H11ClN2O2S/c1-7-6-16-14(20-7)17-13(18)12-8(2)10-5-9(15)3-4-11(10)19-12/h3-6H,1-2H3,(H,16,17,18). The van der Waals surface area contributed by atoms with Gasteiger partial charge in [0.15, 0.2) is 10.9 Å². The number of nitrogens with one attached hydrogen (secondary N) is 1. The lowest BCUT2D eigenvalue weighted by atomic mass is 10.1. The van der Waals surface area contributed by atoms with Crippen LogP contribution in [0.5, 0.6) is 0 Å². The lowest BCUT2D eigenvalue weighted by Gasteiger charge is -1.98. The largest absolute Gasteiger partial charge is 0.451 e. The van der Waals surface area contributed by atoms with Gasteiger partial charge in [-0.05, 0) is 32.0 Å². The molecule has 1 N–H and O–H groups in total. The summed E-state index contributed by atoms with van der Waals surface area (Å²) in [5, 5.41) is 4.76. The highest BCUT2D eigenvalue weighted by Gasteiger charge is 2.18. The van der Waals surface area contributed by atoms with Crippen LogP contribution in [0.15, 0.2) is 28.8 Å². The number of carbonyl (C=O) groups is 1. The number of halogens is 1. The summed E-state index contributed by atoms with van der Waals surface area (Å²) in [6, 6.07) is 5.29. The third-order valence-corrected chi connectivity index (χ3v) is 4.01. The van der Waals surface area contributed by atoms with E-state index in [1.54, 1.807) is 24.4 Å². The molecule has 1 amide bonds. The lowest BCUT2D eigenvalue weighted by Crippen LogP contribution is -2.11. The van der Waals surface area contributed by atoms with Crippen molar-refractivity contribution in [1.29, 1.82) is 0 Å². The van der Waals surface area contributed by atoms with E-state index in [1.165, 1.54) is 11.3 Å². The Balaban J connectivity index is 1.97. The quantitative estimate of drug-likeness (QED) is 0.763. The van der Waals surface area contributed by atoms with Crippen LogP contribution in [0.3, 0.4) is 0 Å². The molecule has 0 saturated carbocycles. The second kappa shape index (κ2) is 4.92. The van der Waals surface area contributed by atoms with Crippen molar-refractivity contribution >= 4 is 44.9 Å². The van der Waals surface area contributed by atoms with E-state index < -0.39 is 0 Å². The fraction of sp³-hybridized carbons (Fsp3) is 0.143. The fourth-order valence-electron chi connectivity index (χ4n) is 1.98. The van der Waals surface area contributed by atoms with Gasteiger partial charge in [0.25, 0.3) is 5.91 Å². The zero-order valence-electron chi connectivity index (χ0n) is 10.9. The highest BCUT2D eigenvalue weighted by molar-refractivity contribution is 7.15. The summed E-state index contributed by atoms with van der Waals surface area (Å²) in [7, 11) is 0. The van der Waals surface area contributed by atoms with Crippen molar-refractivity contribution in [1.82, 2.24) is 4.98 Å². The van der Waals surface area contributed by atoms with Crippen molar-refractivity contribution in [2.45, 2.75) is 13.8 Å². The molecule has 3 rings (SSSR count). The van der Waals surface area contributed by atoms with Crippen molar-refractivity contribution in [2.75, 3.05) is 5.32 Å². The number of anilines is 1. The molecule has 0 unspecified atom stereocenters. The van der Waals surface area contributed by atoms with E-state index in [0.29, 0.717) is 15.7 Å². The number of hydrogen-bond acceptors (Lipinski definition) is 4. The highest BCUT2D eigenvalue weighted by Crippen LogP contribution is 2.28. The summed E-state index contributed by atoms with van der Waals surface area (Å²) in [5.74, 6) is -0.0145. The van der Waals surface area contributed by atoms with E-state index in [-0.39, 0.29) is 11.7 Å². The average Bonchev–Trinajstić information content (AvgIpc) is 2.94. The molecule has 4 nitrogen and oxygen atoms in total. The predicted octanol–water partition coefficient (Wildman–Crippen LogP) is 4.41. The maximum atomic E-state index is 12.2. The molecule has 20 heavy (non-hydrogen) atoms. The SMILES string of the molecule is Cc1cnc(NC(=O)c2oc3ccc(Cl)cc3c2C)s1. The molecule has 2 heterocycles. The van der Waals surface area contributed by atoms with Crippen LogP contribution in [-0.2, 0) is 0 Å². The van der Waals surface area contributed by atoms with Crippen molar-refractivity contribution in [2.24, 2.45) is 0 Å². The first-order valence-corrected chi connectivity index (χ1v) is 7.16. The molecule has 0 atom stereocenters. The molecule has 102 valence electrons. The minimum absolute atomic E-state index is 0.287. The summed E-state index contributed by atoms with van der Waals surface area (Å²) in [6.07, 6.45) is 1.71. The van der Waals surface area contributed by atoms with Gasteiger partial charge in [0.1, 0.15) is 5.58 Å². The average molecular weight is 307 g/mol. The molecule has 3 aromatic rings. The Morgan fingerprint density at radius 1 is 1.40 bits per heavy atom. The summed E-state index contributed by atoms with van der Waals surface area (Å²) >= 11 is 7.38. The van der Waals surface area contributed by atoms with Crippen LogP contribution in [0.4, 0.5) is 5.13 Å². The third kappa shape index (κ3) is 2.30.